The molecule has 0 radical (unpaired) electrons. The summed E-state index contributed by atoms with van der Waals surface area (Å²) in [7, 11) is 3.04. The number of hydrogen-bond acceptors (Lipinski definition) is 6. The van der Waals surface area contributed by atoms with Crippen LogP contribution in [0.1, 0.15) is 28.5 Å². The highest BCUT2D eigenvalue weighted by Crippen LogP contribution is 2.28. The molecule has 0 aliphatic heterocycles. The van der Waals surface area contributed by atoms with Crippen LogP contribution >= 0.6 is 11.3 Å². The van der Waals surface area contributed by atoms with Gasteiger partial charge in [0, 0.05) is 16.6 Å². The number of para-hydroxylation sites is 1. The topological polar surface area (TPSA) is 89.6 Å². The van der Waals surface area contributed by atoms with Crippen molar-refractivity contribution >= 4 is 34.0 Å². The highest BCUT2D eigenvalue weighted by Gasteiger charge is 2.14. The van der Waals surface area contributed by atoms with E-state index in [0.29, 0.717) is 27.9 Å². The zero-order valence-corrected chi connectivity index (χ0v) is 17.8. The second-order valence-corrected chi connectivity index (χ2v) is 7.26. The van der Waals surface area contributed by atoms with Crippen LogP contribution in [0.15, 0.2) is 47.8 Å². The first-order chi connectivity index (χ1) is 14.5. The van der Waals surface area contributed by atoms with Crippen molar-refractivity contribution in [1.29, 1.82) is 0 Å². The highest BCUT2D eigenvalue weighted by atomic mass is 32.1. The van der Waals surface area contributed by atoms with Gasteiger partial charge in [-0.15, -0.1) is 11.3 Å². The number of methoxy groups -OCH3 is 2. The minimum absolute atomic E-state index is 0.126. The number of aryl methyl sites for hydroxylation is 1. The van der Waals surface area contributed by atoms with Crippen LogP contribution in [0.5, 0.6) is 11.5 Å². The zero-order valence-electron chi connectivity index (χ0n) is 17.0. The molecule has 2 aromatic carbocycles. The van der Waals surface area contributed by atoms with Gasteiger partial charge in [-0.25, -0.2) is 4.98 Å². The Morgan fingerprint density at radius 2 is 1.80 bits per heavy atom. The summed E-state index contributed by atoms with van der Waals surface area (Å²) in [5, 5.41) is 7.85. The number of carbonyl (C=O) groups is 2. The molecule has 3 aromatic rings. The van der Waals surface area contributed by atoms with Crippen LogP contribution < -0.4 is 20.1 Å². The lowest BCUT2D eigenvalue weighted by Gasteiger charge is -2.09. The second-order valence-electron chi connectivity index (χ2n) is 6.40. The van der Waals surface area contributed by atoms with Gasteiger partial charge in [-0.3, -0.25) is 14.9 Å². The van der Waals surface area contributed by atoms with Crippen LogP contribution in [0.2, 0.25) is 0 Å². The quantitative estimate of drug-likeness (QED) is 0.566. The van der Waals surface area contributed by atoms with Gasteiger partial charge in [-0.05, 0) is 36.2 Å². The average molecular weight is 426 g/mol. The molecule has 0 saturated heterocycles. The lowest BCUT2D eigenvalue weighted by molar-refractivity contribution is -0.115. The van der Waals surface area contributed by atoms with Gasteiger partial charge in [0.05, 0.1) is 26.3 Å². The molecule has 2 N–H and O–H groups in total. The molecule has 8 heteroatoms. The Hall–Kier alpha value is -3.39. The number of aromatic nitrogens is 1. The van der Waals surface area contributed by atoms with Gasteiger partial charge in [-0.1, -0.05) is 25.1 Å². The molecule has 0 aliphatic carbocycles. The van der Waals surface area contributed by atoms with E-state index in [2.05, 4.69) is 15.6 Å². The van der Waals surface area contributed by atoms with Gasteiger partial charge in [0.2, 0.25) is 5.91 Å². The summed E-state index contributed by atoms with van der Waals surface area (Å²) in [5.41, 5.74) is 2.89. The lowest BCUT2D eigenvalue weighted by Crippen LogP contribution is -2.16. The molecule has 2 amide bonds. The maximum absolute atomic E-state index is 12.5. The smallest absolute Gasteiger partial charge is 0.257 e. The summed E-state index contributed by atoms with van der Waals surface area (Å²) in [6, 6.07) is 12.6. The van der Waals surface area contributed by atoms with Crippen molar-refractivity contribution < 1.29 is 19.1 Å². The molecule has 156 valence electrons. The van der Waals surface area contributed by atoms with E-state index >= 15 is 0 Å². The van der Waals surface area contributed by atoms with E-state index < -0.39 is 0 Å². The third-order valence-electron chi connectivity index (χ3n) is 4.43. The molecule has 0 unspecified atom stereocenters. The molecule has 0 spiro atoms. The van der Waals surface area contributed by atoms with Gasteiger partial charge >= 0.3 is 0 Å². The molecule has 30 heavy (non-hydrogen) atoms. The van der Waals surface area contributed by atoms with E-state index in [1.54, 1.807) is 23.6 Å². The van der Waals surface area contributed by atoms with Crippen LogP contribution in [-0.4, -0.2) is 31.0 Å². The molecular formula is C22H23N3O4S. The summed E-state index contributed by atoms with van der Waals surface area (Å²) < 4.78 is 10.4. The molecule has 1 heterocycles. The molecule has 7 nitrogen and oxygen atoms in total. The predicted molar refractivity (Wildman–Crippen MR) is 118 cm³/mol. The minimum Gasteiger partial charge on any atom is -0.493 e. The first-order valence-corrected chi connectivity index (χ1v) is 10.3. The van der Waals surface area contributed by atoms with Crippen molar-refractivity contribution in [2.45, 2.75) is 19.8 Å². The Morgan fingerprint density at radius 3 is 2.53 bits per heavy atom. The van der Waals surface area contributed by atoms with Crippen molar-refractivity contribution in [2.24, 2.45) is 0 Å². The summed E-state index contributed by atoms with van der Waals surface area (Å²) in [6.07, 6.45) is 0.959. The van der Waals surface area contributed by atoms with Crippen LogP contribution in [0.4, 0.5) is 10.8 Å². The number of thiazole rings is 1. The average Bonchev–Trinajstić information content (AvgIpc) is 3.19. The molecule has 0 fully saturated rings. The van der Waals surface area contributed by atoms with E-state index in [0.717, 1.165) is 17.7 Å². The highest BCUT2D eigenvalue weighted by molar-refractivity contribution is 7.14. The van der Waals surface area contributed by atoms with Crippen molar-refractivity contribution in [3.63, 3.8) is 0 Å². The van der Waals surface area contributed by atoms with Crippen LogP contribution in [0, 0.1) is 0 Å². The largest absolute Gasteiger partial charge is 0.493 e. The standard InChI is InChI=1S/C22H23N3O4S/c1-4-14-7-5-6-8-17(14)24-20(26)12-16-13-30-22(23-16)25-21(27)15-9-10-18(28-2)19(11-15)29-3/h5-11,13H,4,12H2,1-3H3,(H,24,26)(H,23,25,27). The Bertz CT molecular complexity index is 1050. The number of ether oxygens (including phenoxy) is 2. The Kier molecular flexibility index (Phi) is 7.03. The summed E-state index contributed by atoms with van der Waals surface area (Å²) in [5.74, 6) is 0.535. The van der Waals surface area contributed by atoms with Crippen molar-refractivity contribution in [2.75, 3.05) is 24.9 Å². The predicted octanol–water partition coefficient (Wildman–Crippen LogP) is 4.16. The van der Waals surface area contributed by atoms with Gasteiger partial charge in [0.15, 0.2) is 16.6 Å². The lowest BCUT2D eigenvalue weighted by atomic mass is 10.1. The fourth-order valence-corrected chi connectivity index (χ4v) is 3.61. The van der Waals surface area contributed by atoms with E-state index in [4.69, 9.17) is 9.47 Å². The molecule has 3 rings (SSSR count). The number of benzene rings is 2. The van der Waals surface area contributed by atoms with Crippen LogP contribution in [-0.2, 0) is 17.6 Å². The molecule has 0 saturated carbocycles. The number of carbonyl (C=O) groups excluding carboxylic acids is 2. The fourth-order valence-electron chi connectivity index (χ4n) is 2.90. The second kappa shape index (κ2) is 9.89. The fraction of sp³-hybridized carbons (Fsp3) is 0.227. The molecule has 0 bridgehead atoms. The first kappa shape index (κ1) is 21.3. The van der Waals surface area contributed by atoms with Crippen molar-refractivity contribution in [1.82, 2.24) is 4.98 Å². The van der Waals surface area contributed by atoms with Crippen LogP contribution in [0.3, 0.4) is 0 Å². The van der Waals surface area contributed by atoms with E-state index in [1.165, 1.54) is 25.6 Å². The monoisotopic (exact) mass is 425 g/mol. The molecule has 1 aromatic heterocycles. The Morgan fingerprint density at radius 1 is 1.03 bits per heavy atom. The minimum atomic E-state index is -0.321. The molecule has 0 aliphatic rings. The maximum Gasteiger partial charge on any atom is 0.257 e. The molecular weight excluding hydrogens is 402 g/mol. The maximum atomic E-state index is 12.5. The van der Waals surface area contributed by atoms with E-state index in [1.807, 2.05) is 31.2 Å². The van der Waals surface area contributed by atoms with Crippen LogP contribution in [0.25, 0.3) is 0 Å². The van der Waals surface area contributed by atoms with Crippen molar-refractivity contribution in [3.8, 4) is 11.5 Å². The SMILES string of the molecule is CCc1ccccc1NC(=O)Cc1csc(NC(=O)c2ccc(OC)c(OC)c2)n1. The number of nitrogens with one attached hydrogen (secondary N) is 2. The third kappa shape index (κ3) is 5.15. The van der Waals surface area contributed by atoms with Gasteiger partial charge in [-0.2, -0.15) is 0 Å². The number of nitrogens with zero attached hydrogens (tertiary/aromatic N) is 1. The van der Waals surface area contributed by atoms with Gasteiger partial charge < -0.3 is 14.8 Å². The number of hydrogen-bond donors (Lipinski definition) is 2. The number of anilines is 2. The number of amides is 2. The summed E-state index contributed by atoms with van der Waals surface area (Å²) in [6.45, 7) is 2.04. The van der Waals surface area contributed by atoms with E-state index in [9.17, 15) is 9.59 Å². The number of rotatable bonds is 8. The summed E-state index contributed by atoms with van der Waals surface area (Å²) in [4.78, 5) is 29.2. The normalized spacial score (nSPS) is 10.4. The summed E-state index contributed by atoms with van der Waals surface area (Å²) >= 11 is 1.27. The Labute approximate surface area is 179 Å². The first-order valence-electron chi connectivity index (χ1n) is 9.39. The third-order valence-corrected chi connectivity index (χ3v) is 5.24. The molecule has 0 atom stereocenters. The Balaban J connectivity index is 1.62. The van der Waals surface area contributed by atoms with E-state index in [-0.39, 0.29) is 18.2 Å². The van der Waals surface area contributed by atoms with Gasteiger partial charge in [0.25, 0.3) is 5.91 Å². The van der Waals surface area contributed by atoms with Gasteiger partial charge in [0.1, 0.15) is 0 Å². The zero-order chi connectivity index (χ0) is 21.5. The van der Waals surface area contributed by atoms with Crippen molar-refractivity contribution in [3.05, 3.63) is 64.7 Å².